The molecule has 24 heavy (non-hydrogen) atoms. The van der Waals surface area contributed by atoms with Gasteiger partial charge in [0, 0.05) is 11.9 Å². The van der Waals surface area contributed by atoms with Crippen LogP contribution in [0.5, 0.6) is 0 Å². The Labute approximate surface area is 146 Å². The SMILES string of the molecule is Cc1ccccc1[C@@H](C)NC(=O)c1c[nH]c(=S)n1-c1ccccc1. The summed E-state index contributed by atoms with van der Waals surface area (Å²) >= 11 is 5.33. The summed E-state index contributed by atoms with van der Waals surface area (Å²) in [5, 5.41) is 3.05. The first-order valence-electron chi connectivity index (χ1n) is 7.80. The molecule has 0 aliphatic carbocycles. The Bertz CT molecular complexity index is 912. The van der Waals surface area contributed by atoms with Gasteiger partial charge in [0.2, 0.25) is 0 Å². The monoisotopic (exact) mass is 337 g/mol. The second-order valence-electron chi connectivity index (χ2n) is 5.70. The van der Waals surface area contributed by atoms with Gasteiger partial charge in [0.05, 0.1) is 6.04 Å². The van der Waals surface area contributed by atoms with Gasteiger partial charge in [0.1, 0.15) is 5.69 Å². The van der Waals surface area contributed by atoms with Crippen LogP contribution in [-0.4, -0.2) is 15.5 Å². The molecule has 3 rings (SSSR count). The summed E-state index contributed by atoms with van der Waals surface area (Å²) in [6, 6.07) is 17.6. The zero-order valence-electron chi connectivity index (χ0n) is 13.6. The number of imidazole rings is 1. The highest BCUT2D eigenvalue weighted by Crippen LogP contribution is 2.18. The summed E-state index contributed by atoms with van der Waals surface area (Å²) < 4.78 is 2.24. The molecule has 2 aromatic carbocycles. The van der Waals surface area contributed by atoms with Crippen molar-refractivity contribution in [2.24, 2.45) is 0 Å². The number of amides is 1. The van der Waals surface area contributed by atoms with Crippen molar-refractivity contribution in [2.75, 3.05) is 0 Å². The van der Waals surface area contributed by atoms with E-state index in [0.717, 1.165) is 16.8 Å². The normalized spacial score (nSPS) is 11.9. The number of aryl methyl sites for hydroxylation is 1. The van der Waals surface area contributed by atoms with Crippen LogP contribution in [0.4, 0.5) is 0 Å². The van der Waals surface area contributed by atoms with Crippen molar-refractivity contribution < 1.29 is 4.79 Å². The topological polar surface area (TPSA) is 49.8 Å². The number of nitrogens with zero attached hydrogens (tertiary/aromatic N) is 1. The van der Waals surface area contributed by atoms with Crippen LogP contribution in [0, 0.1) is 11.7 Å². The zero-order valence-corrected chi connectivity index (χ0v) is 14.4. The van der Waals surface area contributed by atoms with E-state index in [0.29, 0.717) is 10.5 Å². The molecule has 0 radical (unpaired) electrons. The molecular weight excluding hydrogens is 318 g/mol. The highest BCUT2D eigenvalue weighted by molar-refractivity contribution is 7.71. The maximum Gasteiger partial charge on any atom is 0.270 e. The fraction of sp³-hybridized carbons (Fsp3) is 0.158. The highest BCUT2D eigenvalue weighted by Gasteiger charge is 2.17. The lowest BCUT2D eigenvalue weighted by Crippen LogP contribution is -2.28. The lowest BCUT2D eigenvalue weighted by molar-refractivity contribution is 0.0933. The number of hydrogen-bond acceptors (Lipinski definition) is 2. The lowest BCUT2D eigenvalue weighted by atomic mass is 10.0. The van der Waals surface area contributed by atoms with E-state index < -0.39 is 0 Å². The molecule has 0 aliphatic heterocycles. The van der Waals surface area contributed by atoms with Crippen molar-refractivity contribution in [2.45, 2.75) is 19.9 Å². The molecule has 5 heteroatoms. The van der Waals surface area contributed by atoms with Crippen LogP contribution in [0.25, 0.3) is 5.69 Å². The molecule has 1 heterocycles. The van der Waals surface area contributed by atoms with Crippen molar-refractivity contribution in [3.8, 4) is 5.69 Å². The molecular formula is C19H19N3OS. The molecule has 0 saturated carbocycles. The van der Waals surface area contributed by atoms with E-state index in [4.69, 9.17) is 12.2 Å². The Kier molecular flexibility index (Phi) is 4.62. The number of benzene rings is 2. The van der Waals surface area contributed by atoms with Crippen molar-refractivity contribution in [3.05, 3.63) is 82.4 Å². The van der Waals surface area contributed by atoms with Crippen LogP contribution < -0.4 is 5.32 Å². The predicted octanol–water partition coefficient (Wildman–Crippen LogP) is 4.33. The second-order valence-corrected chi connectivity index (χ2v) is 6.09. The van der Waals surface area contributed by atoms with Gasteiger partial charge in [-0.25, -0.2) is 0 Å². The smallest absolute Gasteiger partial charge is 0.270 e. The largest absolute Gasteiger partial charge is 0.344 e. The third-order valence-electron chi connectivity index (χ3n) is 4.03. The minimum Gasteiger partial charge on any atom is -0.344 e. The van der Waals surface area contributed by atoms with Crippen molar-refractivity contribution >= 4 is 18.1 Å². The van der Waals surface area contributed by atoms with Crippen molar-refractivity contribution in [3.63, 3.8) is 0 Å². The highest BCUT2D eigenvalue weighted by atomic mass is 32.1. The number of para-hydroxylation sites is 1. The van der Waals surface area contributed by atoms with E-state index in [1.807, 2.05) is 68.4 Å². The average Bonchev–Trinajstić information content (AvgIpc) is 2.97. The molecule has 0 unspecified atom stereocenters. The Balaban J connectivity index is 1.90. The molecule has 2 N–H and O–H groups in total. The van der Waals surface area contributed by atoms with Crippen LogP contribution in [0.15, 0.2) is 60.8 Å². The van der Waals surface area contributed by atoms with Crippen LogP contribution in [0.2, 0.25) is 0 Å². The van der Waals surface area contributed by atoms with E-state index in [1.165, 1.54) is 0 Å². The number of aromatic nitrogens is 2. The molecule has 0 fully saturated rings. The van der Waals surface area contributed by atoms with Gasteiger partial charge in [-0.2, -0.15) is 0 Å². The van der Waals surface area contributed by atoms with E-state index in [9.17, 15) is 4.79 Å². The van der Waals surface area contributed by atoms with Crippen LogP contribution in [0.3, 0.4) is 0 Å². The van der Waals surface area contributed by atoms with Gasteiger partial charge in [-0.3, -0.25) is 9.36 Å². The molecule has 1 amide bonds. The predicted molar refractivity (Wildman–Crippen MR) is 98.0 cm³/mol. The fourth-order valence-electron chi connectivity index (χ4n) is 2.79. The molecule has 1 aromatic heterocycles. The minimum atomic E-state index is -0.165. The van der Waals surface area contributed by atoms with Gasteiger partial charge in [0.15, 0.2) is 4.77 Å². The number of carbonyl (C=O) groups excluding carboxylic acids is 1. The van der Waals surface area contributed by atoms with Gasteiger partial charge < -0.3 is 10.3 Å². The van der Waals surface area contributed by atoms with Crippen LogP contribution in [0.1, 0.15) is 34.6 Å². The molecule has 4 nitrogen and oxygen atoms in total. The van der Waals surface area contributed by atoms with Crippen molar-refractivity contribution in [1.29, 1.82) is 0 Å². The number of nitrogens with one attached hydrogen (secondary N) is 2. The maximum atomic E-state index is 12.7. The van der Waals surface area contributed by atoms with Crippen LogP contribution in [-0.2, 0) is 0 Å². The Morgan fingerprint density at radius 1 is 1.12 bits per heavy atom. The lowest BCUT2D eigenvalue weighted by Gasteiger charge is -2.17. The molecule has 122 valence electrons. The quantitative estimate of drug-likeness (QED) is 0.696. The van der Waals surface area contributed by atoms with Gasteiger partial charge in [-0.05, 0) is 49.3 Å². The van der Waals surface area contributed by atoms with E-state index in [1.54, 1.807) is 10.8 Å². The zero-order chi connectivity index (χ0) is 17.1. The Hall–Kier alpha value is -2.66. The molecule has 0 aliphatic rings. The van der Waals surface area contributed by atoms with Gasteiger partial charge >= 0.3 is 0 Å². The molecule has 3 aromatic rings. The molecule has 0 spiro atoms. The number of hydrogen-bond donors (Lipinski definition) is 2. The summed E-state index contributed by atoms with van der Waals surface area (Å²) in [7, 11) is 0. The summed E-state index contributed by atoms with van der Waals surface area (Å²) in [6.45, 7) is 4.02. The number of H-pyrrole nitrogens is 1. The molecule has 0 saturated heterocycles. The third-order valence-corrected chi connectivity index (χ3v) is 4.33. The standard InChI is InChI=1S/C19H19N3OS/c1-13-8-6-7-11-16(13)14(2)21-18(23)17-12-20-19(24)22(17)15-9-4-3-5-10-15/h3-12,14H,1-2H3,(H,20,24)(H,21,23)/t14-/m1/s1. The second kappa shape index (κ2) is 6.84. The molecule has 0 bridgehead atoms. The number of rotatable bonds is 4. The fourth-order valence-corrected chi connectivity index (χ4v) is 3.05. The van der Waals surface area contributed by atoms with E-state index >= 15 is 0 Å². The Morgan fingerprint density at radius 3 is 2.50 bits per heavy atom. The summed E-state index contributed by atoms with van der Waals surface area (Å²) in [5.41, 5.74) is 3.61. The number of carbonyl (C=O) groups is 1. The Morgan fingerprint density at radius 2 is 1.79 bits per heavy atom. The third kappa shape index (κ3) is 3.16. The first-order valence-corrected chi connectivity index (χ1v) is 8.21. The summed E-state index contributed by atoms with van der Waals surface area (Å²) in [4.78, 5) is 15.7. The summed E-state index contributed by atoms with van der Waals surface area (Å²) in [5.74, 6) is -0.165. The first-order chi connectivity index (χ1) is 11.6. The van der Waals surface area contributed by atoms with Gasteiger partial charge in [-0.15, -0.1) is 0 Å². The number of aromatic amines is 1. The van der Waals surface area contributed by atoms with E-state index in [2.05, 4.69) is 10.3 Å². The maximum absolute atomic E-state index is 12.7. The van der Waals surface area contributed by atoms with Crippen LogP contribution >= 0.6 is 12.2 Å². The van der Waals surface area contributed by atoms with Gasteiger partial charge in [-0.1, -0.05) is 42.5 Å². The van der Waals surface area contributed by atoms with Gasteiger partial charge in [0.25, 0.3) is 5.91 Å². The minimum absolute atomic E-state index is 0.0913. The summed E-state index contributed by atoms with van der Waals surface area (Å²) in [6.07, 6.45) is 1.65. The molecule has 1 atom stereocenters. The van der Waals surface area contributed by atoms with E-state index in [-0.39, 0.29) is 11.9 Å². The first kappa shape index (κ1) is 16.2. The van der Waals surface area contributed by atoms with Crippen molar-refractivity contribution in [1.82, 2.24) is 14.9 Å². The average molecular weight is 337 g/mol.